The van der Waals surface area contributed by atoms with E-state index in [1.165, 1.54) is 40.6 Å². The molecule has 0 spiro atoms. The predicted octanol–water partition coefficient (Wildman–Crippen LogP) is 3.75. The molecule has 35 heavy (non-hydrogen) atoms. The number of amides is 2. The number of nitrogens with one attached hydrogen (secondary N) is 4. The lowest BCUT2D eigenvalue weighted by atomic mass is 10.1. The third kappa shape index (κ3) is 6.20. The average Bonchev–Trinajstić information content (AvgIpc) is 2.87. The molecule has 0 aromatic heterocycles. The summed E-state index contributed by atoms with van der Waals surface area (Å²) in [6.45, 7) is 0. The fourth-order valence-electron chi connectivity index (χ4n) is 3.22. The summed E-state index contributed by atoms with van der Waals surface area (Å²) in [4.78, 5) is 25.2. The van der Waals surface area contributed by atoms with Crippen LogP contribution in [0.3, 0.4) is 0 Å². The maximum atomic E-state index is 12.7. The van der Waals surface area contributed by atoms with Gasteiger partial charge in [0.15, 0.2) is 17.5 Å². The van der Waals surface area contributed by atoms with Gasteiger partial charge in [-0.25, -0.2) is 0 Å². The van der Waals surface area contributed by atoms with Crippen molar-refractivity contribution in [2.75, 3.05) is 39.1 Å². The van der Waals surface area contributed by atoms with Crippen LogP contribution in [0, 0.1) is 5.41 Å². The SMILES string of the molecule is COc1cccc(C(=O)Nc2cccc(NC(=N)NC(=O)c3cc(OC)c(OC)c(OC)c3)c2)c1. The summed E-state index contributed by atoms with van der Waals surface area (Å²) in [5, 5.41) is 16.2. The molecule has 0 unspecified atom stereocenters. The first-order valence-corrected chi connectivity index (χ1v) is 10.4. The van der Waals surface area contributed by atoms with Gasteiger partial charge in [-0.15, -0.1) is 0 Å². The molecule has 4 N–H and O–H groups in total. The molecule has 10 nitrogen and oxygen atoms in total. The second-order valence-electron chi connectivity index (χ2n) is 7.14. The quantitative estimate of drug-likeness (QED) is 0.286. The summed E-state index contributed by atoms with van der Waals surface area (Å²) < 4.78 is 20.9. The molecular weight excluding hydrogens is 452 g/mol. The van der Waals surface area contributed by atoms with Gasteiger partial charge in [0.05, 0.1) is 28.4 Å². The van der Waals surface area contributed by atoms with E-state index in [2.05, 4.69) is 16.0 Å². The molecule has 0 heterocycles. The number of methoxy groups -OCH3 is 4. The Labute approximate surface area is 202 Å². The minimum absolute atomic E-state index is 0.213. The Kier molecular flexibility index (Phi) is 8.12. The molecule has 0 bridgehead atoms. The summed E-state index contributed by atoms with van der Waals surface area (Å²) >= 11 is 0. The minimum atomic E-state index is -0.552. The summed E-state index contributed by atoms with van der Waals surface area (Å²) in [5.74, 6) is 0.431. The highest BCUT2D eigenvalue weighted by atomic mass is 16.5. The highest BCUT2D eigenvalue weighted by Gasteiger charge is 2.18. The Morgan fingerprint density at radius 1 is 0.686 bits per heavy atom. The maximum absolute atomic E-state index is 12.7. The van der Waals surface area contributed by atoms with E-state index in [-0.39, 0.29) is 17.4 Å². The molecule has 0 fully saturated rings. The van der Waals surface area contributed by atoms with Crippen LogP contribution in [0.25, 0.3) is 0 Å². The molecule has 10 heteroatoms. The van der Waals surface area contributed by atoms with Gasteiger partial charge in [-0.2, -0.15) is 0 Å². The third-order valence-corrected chi connectivity index (χ3v) is 4.89. The van der Waals surface area contributed by atoms with Crippen LogP contribution >= 0.6 is 0 Å². The minimum Gasteiger partial charge on any atom is -0.497 e. The van der Waals surface area contributed by atoms with E-state index < -0.39 is 5.91 Å². The first kappa shape index (κ1) is 24.9. The van der Waals surface area contributed by atoms with Crippen LogP contribution in [0.5, 0.6) is 23.0 Å². The zero-order valence-corrected chi connectivity index (χ0v) is 19.7. The smallest absolute Gasteiger partial charge is 0.258 e. The number of anilines is 2. The highest BCUT2D eigenvalue weighted by Crippen LogP contribution is 2.38. The van der Waals surface area contributed by atoms with Crippen LogP contribution in [0.4, 0.5) is 11.4 Å². The van der Waals surface area contributed by atoms with Gasteiger partial charge >= 0.3 is 0 Å². The largest absolute Gasteiger partial charge is 0.497 e. The van der Waals surface area contributed by atoms with Crippen molar-refractivity contribution < 1.29 is 28.5 Å². The van der Waals surface area contributed by atoms with E-state index in [9.17, 15) is 9.59 Å². The number of guanidine groups is 1. The highest BCUT2D eigenvalue weighted by molar-refractivity contribution is 6.09. The molecule has 0 saturated heterocycles. The monoisotopic (exact) mass is 478 g/mol. The molecular formula is C25H26N4O6. The molecule has 0 aliphatic heterocycles. The Balaban J connectivity index is 1.67. The van der Waals surface area contributed by atoms with E-state index >= 15 is 0 Å². The first-order valence-electron chi connectivity index (χ1n) is 10.4. The van der Waals surface area contributed by atoms with Crippen LogP contribution in [-0.4, -0.2) is 46.2 Å². The summed E-state index contributed by atoms with van der Waals surface area (Å²) in [6.07, 6.45) is 0. The van der Waals surface area contributed by atoms with Crippen LogP contribution in [-0.2, 0) is 0 Å². The Morgan fingerprint density at radius 3 is 1.91 bits per heavy atom. The summed E-state index contributed by atoms with van der Waals surface area (Å²) in [6, 6.07) is 16.5. The number of benzene rings is 3. The van der Waals surface area contributed by atoms with E-state index in [0.29, 0.717) is 39.9 Å². The van der Waals surface area contributed by atoms with Gasteiger partial charge in [0, 0.05) is 22.5 Å². The van der Waals surface area contributed by atoms with E-state index in [1.807, 2.05) is 0 Å². The number of hydrogen-bond donors (Lipinski definition) is 4. The van der Waals surface area contributed by atoms with Gasteiger partial charge in [0.2, 0.25) is 5.75 Å². The zero-order valence-electron chi connectivity index (χ0n) is 19.7. The number of ether oxygens (including phenoxy) is 4. The van der Waals surface area contributed by atoms with E-state index in [4.69, 9.17) is 24.4 Å². The maximum Gasteiger partial charge on any atom is 0.258 e. The third-order valence-electron chi connectivity index (χ3n) is 4.89. The Bertz CT molecular complexity index is 1220. The van der Waals surface area contributed by atoms with E-state index in [1.54, 1.807) is 48.5 Å². The average molecular weight is 479 g/mol. The van der Waals surface area contributed by atoms with Crippen molar-refractivity contribution in [2.45, 2.75) is 0 Å². The molecule has 182 valence electrons. The topological polar surface area (TPSA) is 131 Å². The summed E-state index contributed by atoms with van der Waals surface area (Å²) in [5.41, 5.74) is 1.65. The van der Waals surface area contributed by atoms with Crippen molar-refractivity contribution in [1.82, 2.24) is 5.32 Å². The molecule has 0 atom stereocenters. The second kappa shape index (κ2) is 11.4. The molecule has 0 aliphatic rings. The van der Waals surface area contributed by atoms with Gasteiger partial charge in [-0.3, -0.25) is 20.3 Å². The lowest BCUT2D eigenvalue weighted by molar-refractivity contribution is 0.0974. The number of rotatable bonds is 8. The van der Waals surface area contributed by atoms with E-state index in [0.717, 1.165) is 0 Å². The molecule has 3 aromatic carbocycles. The van der Waals surface area contributed by atoms with Gasteiger partial charge < -0.3 is 29.6 Å². The van der Waals surface area contributed by atoms with Gasteiger partial charge in [-0.05, 0) is 48.5 Å². The van der Waals surface area contributed by atoms with Crippen LogP contribution in [0.1, 0.15) is 20.7 Å². The van der Waals surface area contributed by atoms with Crippen LogP contribution < -0.4 is 34.9 Å². The standard InChI is InChI=1S/C25H26N4O6/c1-32-19-10-5-7-15(11-19)23(30)27-17-8-6-9-18(14-17)28-25(26)29-24(31)16-12-20(33-2)22(35-4)21(13-16)34-3/h5-14H,1-4H3,(H,27,30)(H3,26,28,29,31). The van der Waals surface area contributed by atoms with Gasteiger partial charge in [0.1, 0.15) is 5.75 Å². The lowest BCUT2D eigenvalue weighted by Gasteiger charge is -2.15. The Morgan fingerprint density at radius 2 is 1.31 bits per heavy atom. The van der Waals surface area contributed by atoms with Gasteiger partial charge in [0.25, 0.3) is 11.8 Å². The number of hydrogen-bond acceptors (Lipinski definition) is 7. The van der Waals surface area contributed by atoms with Crippen molar-refractivity contribution >= 4 is 29.1 Å². The summed E-state index contributed by atoms with van der Waals surface area (Å²) in [7, 11) is 5.89. The van der Waals surface area contributed by atoms with Crippen LogP contribution in [0.15, 0.2) is 60.7 Å². The van der Waals surface area contributed by atoms with Crippen molar-refractivity contribution in [3.8, 4) is 23.0 Å². The lowest BCUT2D eigenvalue weighted by Crippen LogP contribution is -2.35. The normalized spacial score (nSPS) is 10.1. The molecule has 3 rings (SSSR count). The predicted molar refractivity (Wildman–Crippen MR) is 132 cm³/mol. The number of carbonyl (C=O) groups is 2. The Hall–Kier alpha value is -4.73. The van der Waals surface area contributed by atoms with Gasteiger partial charge in [-0.1, -0.05) is 12.1 Å². The molecule has 0 saturated carbocycles. The number of carbonyl (C=O) groups excluding carboxylic acids is 2. The van der Waals surface area contributed by atoms with Crippen LogP contribution in [0.2, 0.25) is 0 Å². The fraction of sp³-hybridized carbons (Fsp3) is 0.160. The van der Waals surface area contributed by atoms with Crippen molar-refractivity contribution in [3.63, 3.8) is 0 Å². The zero-order chi connectivity index (χ0) is 25.4. The molecule has 0 radical (unpaired) electrons. The van der Waals surface area contributed by atoms with Crippen molar-refractivity contribution in [2.24, 2.45) is 0 Å². The molecule has 2 amide bonds. The first-order chi connectivity index (χ1) is 16.9. The van der Waals surface area contributed by atoms with Crippen molar-refractivity contribution in [3.05, 3.63) is 71.8 Å². The molecule has 0 aliphatic carbocycles. The second-order valence-corrected chi connectivity index (χ2v) is 7.14. The van der Waals surface area contributed by atoms with Crippen molar-refractivity contribution in [1.29, 1.82) is 5.41 Å². The molecule has 3 aromatic rings. The fourth-order valence-corrected chi connectivity index (χ4v) is 3.22.